The second kappa shape index (κ2) is 5.37. The van der Waals surface area contributed by atoms with Crippen molar-refractivity contribution in [3.63, 3.8) is 0 Å². The summed E-state index contributed by atoms with van der Waals surface area (Å²) in [6.45, 7) is 6.16. The van der Waals surface area contributed by atoms with E-state index < -0.39 is 11.9 Å². The third kappa shape index (κ3) is 2.93. The maximum absolute atomic E-state index is 12.6. The normalized spacial score (nSPS) is 21.3. The van der Waals surface area contributed by atoms with Gasteiger partial charge < -0.3 is 9.64 Å². The standard InChI is InChI=1S/C17H20N2O4/c1-17(2,3)23-13-6-4-5-10-11(13)9-19(16(10)22)12-7-8-14(20)18-15(12)21/h4-6,12H,7-9H2,1-3H3,(H,18,20,21). The van der Waals surface area contributed by atoms with Gasteiger partial charge in [-0.15, -0.1) is 0 Å². The molecular formula is C17H20N2O4. The van der Waals surface area contributed by atoms with Crippen LogP contribution >= 0.6 is 0 Å². The molecule has 1 fully saturated rings. The van der Waals surface area contributed by atoms with Gasteiger partial charge in [-0.3, -0.25) is 19.7 Å². The molecule has 1 aromatic rings. The van der Waals surface area contributed by atoms with Crippen LogP contribution < -0.4 is 10.1 Å². The number of rotatable bonds is 2. The average molecular weight is 316 g/mol. The predicted octanol–water partition coefficient (Wildman–Crippen LogP) is 1.62. The van der Waals surface area contributed by atoms with E-state index in [-0.39, 0.29) is 23.8 Å². The van der Waals surface area contributed by atoms with E-state index in [2.05, 4.69) is 5.32 Å². The van der Waals surface area contributed by atoms with Crippen molar-refractivity contribution in [2.24, 2.45) is 0 Å². The topological polar surface area (TPSA) is 75.7 Å². The van der Waals surface area contributed by atoms with Crippen LogP contribution in [0.25, 0.3) is 0 Å². The summed E-state index contributed by atoms with van der Waals surface area (Å²) in [5.41, 5.74) is 0.994. The molecule has 2 aliphatic rings. The predicted molar refractivity (Wildman–Crippen MR) is 82.9 cm³/mol. The Morgan fingerprint density at radius 2 is 1.96 bits per heavy atom. The molecule has 0 saturated carbocycles. The highest BCUT2D eigenvalue weighted by molar-refractivity contribution is 6.05. The van der Waals surface area contributed by atoms with Crippen LogP contribution in [-0.2, 0) is 16.1 Å². The van der Waals surface area contributed by atoms with E-state index >= 15 is 0 Å². The van der Waals surface area contributed by atoms with Crippen molar-refractivity contribution in [3.05, 3.63) is 29.3 Å². The zero-order valence-electron chi connectivity index (χ0n) is 13.5. The van der Waals surface area contributed by atoms with E-state index in [1.807, 2.05) is 26.8 Å². The first-order chi connectivity index (χ1) is 10.8. The van der Waals surface area contributed by atoms with Crippen LogP contribution in [0.1, 0.15) is 49.5 Å². The third-order valence-electron chi connectivity index (χ3n) is 3.96. The van der Waals surface area contributed by atoms with E-state index in [4.69, 9.17) is 4.74 Å². The lowest BCUT2D eigenvalue weighted by molar-refractivity contribution is -0.136. The van der Waals surface area contributed by atoms with E-state index in [1.54, 1.807) is 12.1 Å². The molecule has 0 radical (unpaired) electrons. The summed E-state index contributed by atoms with van der Waals surface area (Å²) in [7, 11) is 0. The minimum absolute atomic E-state index is 0.186. The van der Waals surface area contributed by atoms with Crippen molar-refractivity contribution in [3.8, 4) is 5.75 Å². The Balaban J connectivity index is 1.88. The first-order valence-electron chi connectivity index (χ1n) is 7.72. The minimum atomic E-state index is -0.602. The summed E-state index contributed by atoms with van der Waals surface area (Å²) < 4.78 is 5.94. The average Bonchev–Trinajstić information content (AvgIpc) is 2.76. The number of nitrogens with zero attached hydrogens (tertiary/aromatic N) is 1. The molecule has 3 amide bonds. The first kappa shape index (κ1) is 15.5. The molecule has 1 atom stereocenters. The molecule has 2 heterocycles. The van der Waals surface area contributed by atoms with Gasteiger partial charge in [0.15, 0.2) is 0 Å². The van der Waals surface area contributed by atoms with Gasteiger partial charge in [0.1, 0.15) is 17.4 Å². The van der Waals surface area contributed by atoms with Gasteiger partial charge in [0, 0.05) is 17.5 Å². The first-order valence-corrected chi connectivity index (χ1v) is 7.72. The molecule has 1 saturated heterocycles. The Bertz CT molecular complexity index is 690. The fourth-order valence-electron chi connectivity index (χ4n) is 2.98. The van der Waals surface area contributed by atoms with Crippen LogP contribution in [0, 0.1) is 0 Å². The Kier molecular flexibility index (Phi) is 3.62. The Labute approximate surface area is 134 Å². The largest absolute Gasteiger partial charge is 0.488 e. The van der Waals surface area contributed by atoms with Crippen molar-refractivity contribution < 1.29 is 19.1 Å². The van der Waals surface area contributed by atoms with Crippen LogP contribution in [0.4, 0.5) is 0 Å². The summed E-state index contributed by atoms with van der Waals surface area (Å²) >= 11 is 0. The summed E-state index contributed by atoms with van der Waals surface area (Å²) in [6.07, 6.45) is 0.613. The molecule has 0 aliphatic carbocycles. The molecule has 0 bridgehead atoms. The second-order valence-electron chi connectivity index (χ2n) is 6.90. The number of piperidine rings is 1. The number of benzene rings is 1. The number of carbonyl (C=O) groups is 3. The van der Waals surface area contributed by atoms with Crippen LogP contribution in [0.2, 0.25) is 0 Å². The van der Waals surface area contributed by atoms with Gasteiger partial charge in [0.2, 0.25) is 11.8 Å². The van der Waals surface area contributed by atoms with E-state index in [9.17, 15) is 14.4 Å². The highest BCUT2D eigenvalue weighted by Crippen LogP contribution is 2.34. The van der Waals surface area contributed by atoms with Gasteiger partial charge >= 0.3 is 0 Å². The van der Waals surface area contributed by atoms with Gasteiger partial charge in [0.25, 0.3) is 5.91 Å². The third-order valence-corrected chi connectivity index (χ3v) is 3.96. The highest BCUT2D eigenvalue weighted by atomic mass is 16.5. The van der Waals surface area contributed by atoms with Gasteiger partial charge in [-0.25, -0.2) is 0 Å². The van der Waals surface area contributed by atoms with E-state index in [0.29, 0.717) is 24.3 Å². The lowest BCUT2D eigenvalue weighted by Gasteiger charge is -2.29. The lowest BCUT2D eigenvalue weighted by Crippen LogP contribution is -2.52. The van der Waals surface area contributed by atoms with Gasteiger partial charge in [-0.2, -0.15) is 0 Å². The van der Waals surface area contributed by atoms with Crippen molar-refractivity contribution in [2.75, 3.05) is 0 Å². The number of carbonyl (C=O) groups excluding carboxylic acids is 3. The number of nitrogens with one attached hydrogen (secondary N) is 1. The fraction of sp³-hybridized carbons (Fsp3) is 0.471. The molecule has 23 heavy (non-hydrogen) atoms. The smallest absolute Gasteiger partial charge is 0.255 e. The Morgan fingerprint density at radius 3 is 2.61 bits per heavy atom. The molecule has 1 N–H and O–H groups in total. The molecule has 1 unspecified atom stereocenters. The molecule has 1 aromatic carbocycles. The van der Waals surface area contributed by atoms with Crippen molar-refractivity contribution in [1.29, 1.82) is 0 Å². The number of hydrogen-bond donors (Lipinski definition) is 1. The number of imide groups is 1. The molecular weight excluding hydrogens is 296 g/mol. The van der Waals surface area contributed by atoms with E-state index in [0.717, 1.165) is 5.56 Å². The molecule has 6 nitrogen and oxygen atoms in total. The molecule has 0 spiro atoms. The number of fused-ring (bicyclic) bond motifs is 1. The fourth-order valence-corrected chi connectivity index (χ4v) is 2.98. The van der Waals surface area contributed by atoms with Gasteiger partial charge in [0.05, 0.1) is 6.54 Å². The highest BCUT2D eigenvalue weighted by Gasteiger charge is 2.40. The lowest BCUT2D eigenvalue weighted by atomic mass is 10.0. The maximum atomic E-state index is 12.6. The minimum Gasteiger partial charge on any atom is -0.488 e. The van der Waals surface area contributed by atoms with Crippen LogP contribution in [0.15, 0.2) is 18.2 Å². The maximum Gasteiger partial charge on any atom is 0.255 e. The Morgan fingerprint density at radius 1 is 1.22 bits per heavy atom. The van der Waals surface area contributed by atoms with Crippen molar-refractivity contribution in [2.45, 2.75) is 51.8 Å². The molecule has 2 aliphatic heterocycles. The quantitative estimate of drug-likeness (QED) is 0.841. The Hall–Kier alpha value is -2.37. The van der Waals surface area contributed by atoms with Crippen LogP contribution in [0.3, 0.4) is 0 Å². The number of ether oxygens (including phenoxy) is 1. The molecule has 6 heteroatoms. The summed E-state index contributed by atoms with van der Waals surface area (Å²) in [6, 6.07) is 4.77. The van der Waals surface area contributed by atoms with E-state index in [1.165, 1.54) is 4.90 Å². The molecule has 0 aromatic heterocycles. The second-order valence-corrected chi connectivity index (χ2v) is 6.90. The number of amides is 3. The van der Waals surface area contributed by atoms with Crippen LogP contribution in [0.5, 0.6) is 5.75 Å². The van der Waals surface area contributed by atoms with Crippen molar-refractivity contribution >= 4 is 17.7 Å². The summed E-state index contributed by atoms with van der Waals surface area (Å²) in [4.78, 5) is 37.5. The van der Waals surface area contributed by atoms with Crippen molar-refractivity contribution in [1.82, 2.24) is 10.2 Å². The molecule has 122 valence electrons. The van der Waals surface area contributed by atoms with Gasteiger partial charge in [-0.05, 0) is 39.3 Å². The zero-order valence-corrected chi connectivity index (χ0v) is 13.5. The summed E-state index contributed by atoms with van der Waals surface area (Å²) in [5, 5.41) is 2.30. The number of hydrogen-bond acceptors (Lipinski definition) is 4. The summed E-state index contributed by atoms with van der Waals surface area (Å²) in [5.74, 6) is -0.208. The SMILES string of the molecule is CC(C)(C)Oc1cccc2c1CN(C1CCC(=O)NC1=O)C2=O. The van der Waals surface area contributed by atoms with Crippen LogP contribution in [-0.4, -0.2) is 34.3 Å². The zero-order chi connectivity index (χ0) is 16.8. The monoisotopic (exact) mass is 316 g/mol. The van der Waals surface area contributed by atoms with Gasteiger partial charge in [-0.1, -0.05) is 6.07 Å². The molecule has 3 rings (SSSR count).